The summed E-state index contributed by atoms with van der Waals surface area (Å²) in [6.45, 7) is 0. The molecule has 5 aromatic rings. The van der Waals surface area contributed by atoms with Crippen molar-refractivity contribution in [2.24, 2.45) is 0 Å². The van der Waals surface area contributed by atoms with E-state index in [4.69, 9.17) is 0 Å². The molecule has 11 heteroatoms. The number of nitrogens with one attached hydrogen (secondary N) is 2. The first-order chi connectivity index (χ1) is 13.3. The first-order valence-electron chi connectivity index (χ1n) is 8.34. The van der Waals surface area contributed by atoms with Crippen molar-refractivity contribution in [1.29, 1.82) is 0 Å². The van der Waals surface area contributed by atoms with Crippen molar-refractivity contribution in [1.82, 2.24) is 9.97 Å². The molecule has 0 aliphatic rings. The largest absolute Gasteiger partial charge is 3.00 e. The third-order valence-electron chi connectivity index (χ3n) is 4.89. The second-order valence-electron chi connectivity index (χ2n) is 6.53. The van der Waals surface area contributed by atoms with Gasteiger partial charge < -0.3 is 25.5 Å². The Morgan fingerprint density at radius 2 is 1.23 bits per heavy atom. The third-order valence-corrected chi connectivity index (χ3v) is 5.77. The summed E-state index contributed by atoms with van der Waals surface area (Å²) in [4.78, 5) is 31.3. The Balaban J connectivity index is 0.00000114. The number of H-pyrrole nitrogens is 2. The van der Waals surface area contributed by atoms with Gasteiger partial charge in [0.25, 0.3) is 0 Å². The first-order valence-corrected chi connectivity index (χ1v) is 9.75. The van der Waals surface area contributed by atoms with Crippen molar-refractivity contribution in [2.45, 2.75) is 4.90 Å². The van der Waals surface area contributed by atoms with Crippen LogP contribution in [0, 0.1) is 0 Å². The van der Waals surface area contributed by atoms with Gasteiger partial charge in [0.2, 0.25) is 0 Å². The van der Waals surface area contributed by atoms with Crippen LogP contribution < -0.4 is 10.9 Å². The Kier molecular flexibility index (Phi) is 6.44. The van der Waals surface area contributed by atoms with Gasteiger partial charge in [-0.1, -0.05) is 18.2 Å². The van der Waals surface area contributed by atoms with E-state index in [1.807, 2.05) is 0 Å². The molecule has 154 valence electrons. The number of aromatic amines is 2. The molecular formula is C20H13AlN2O7S. The van der Waals surface area contributed by atoms with Gasteiger partial charge in [-0.25, -0.2) is 8.42 Å². The summed E-state index contributed by atoms with van der Waals surface area (Å²) in [5.74, 6) is 0. The monoisotopic (exact) mass is 452 g/mol. The molecule has 0 fully saturated rings. The molecule has 31 heavy (non-hydrogen) atoms. The van der Waals surface area contributed by atoms with Gasteiger partial charge in [-0.05, 0) is 36.4 Å². The minimum atomic E-state index is -4.78. The first kappa shape index (κ1) is 24.2. The average molecular weight is 452 g/mol. The fraction of sp³-hybridized carbons (Fsp3) is 0. The molecule has 5 rings (SSSR count). The van der Waals surface area contributed by atoms with Crippen LogP contribution in [0.2, 0.25) is 0 Å². The summed E-state index contributed by atoms with van der Waals surface area (Å²) in [7, 11) is -4.78. The van der Waals surface area contributed by atoms with Crippen molar-refractivity contribution < 1.29 is 23.9 Å². The Bertz CT molecular complexity index is 1690. The van der Waals surface area contributed by atoms with Gasteiger partial charge in [0.05, 0.1) is 21.4 Å². The third kappa shape index (κ3) is 3.64. The average Bonchev–Trinajstić information content (AvgIpc) is 2.67. The number of fused-ring (bicyclic) bond motifs is 4. The number of hydrogen-bond acceptors (Lipinski definition) is 7. The molecule has 0 saturated carbocycles. The van der Waals surface area contributed by atoms with E-state index in [-0.39, 0.29) is 55.5 Å². The number of aromatic nitrogens is 2. The van der Waals surface area contributed by atoms with Gasteiger partial charge in [-0.15, -0.1) is 0 Å². The molecule has 0 radical (unpaired) electrons. The minimum absolute atomic E-state index is 0. The molecule has 3 aromatic carbocycles. The van der Waals surface area contributed by atoms with Crippen molar-refractivity contribution in [3.05, 3.63) is 75.0 Å². The van der Waals surface area contributed by atoms with Crippen LogP contribution in [-0.2, 0) is 10.1 Å². The summed E-state index contributed by atoms with van der Waals surface area (Å²) >= 11 is 0. The topological polar surface area (TPSA) is 183 Å². The summed E-state index contributed by atoms with van der Waals surface area (Å²) in [5, 5.41) is 1.22. The molecule has 0 aliphatic heterocycles. The van der Waals surface area contributed by atoms with E-state index in [1.165, 1.54) is 18.2 Å². The van der Waals surface area contributed by atoms with Crippen LogP contribution in [0.5, 0.6) is 0 Å². The van der Waals surface area contributed by atoms with Gasteiger partial charge in [0.1, 0.15) is 10.1 Å². The van der Waals surface area contributed by atoms with E-state index in [0.717, 1.165) is 6.07 Å². The molecule has 0 amide bonds. The predicted molar refractivity (Wildman–Crippen MR) is 115 cm³/mol. The molecule has 0 saturated heterocycles. The molecule has 2 aromatic heterocycles. The Hall–Kier alpha value is -3.04. The summed E-state index contributed by atoms with van der Waals surface area (Å²) in [6, 6.07) is 14.1. The van der Waals surface area contributed by atoms with Crippen molar-refractivity contribution in [2.75, 3.05) is 0 Å². The van der Waals surface area contributed by atoms with Crippen LogP contribution in [0.15, 0.2) is 69.1 Å². The molecule has 4 N–H and O–H groups in total. The van der Waals surface area contributed by atoms with Crippen LogP contribution in [0.25, 0.3) is 43.6 Å². The van der Waals surface area contributed by atoms with Crippen molar-refractivity contribution in [3.63, 3.8) is 0 Å². The Morgan fingerprint density at radius 3 is 1.87 bits per heavy atom. The summed E-state index contributed by atoms with van der Waals surface area (Å²) in [5.41, 5.74) is 0.723. The maximum absolute atomic E-state index is 13.0. The Labute approximate surface area is 184 Å². The van der Waals surface area contributed by atoms with E-state index in [0.29, 0.717) is 21.8 Å². The minimum Gasteiger partial charge on any atom is -0.870 e. The molecule has 0 unspecified atom stereocenters. The van der Waals surface area contributed by atoms with E-state index in [1.54, 1.807) is 30.3 Å². The molecule has 0 spiro atoms. The summed E-state index contributed by atoms with van der Waals surface area (Å²) < 4.78 is 34.7. The molecule has 0 atom stereocenters. The van der Waals surface area contributed by atoms with E-state index >= 15 is 0 Å². The van der Waals surface area contributed by atoms with Gasteiger partial charge in [-0.2, -0.15) is 0 Å². The van der Waals surface area contributed by atoms with Gasteiger partial charge in [0.15, 0.2) is 10.9 Å². The van der Waals surface area contributed by atoms with Crippen LogP contribution >= 0.6 is 0 Å². The van der Waals surface area contributed by atoms with E-state index in [9.17, 15) is 22.6 Å². The maximum Gasteiger partial charge on any atom is 3.00 e. The molecule has 0 bridgehead atoms. The van der Waals surface area contributed by atoms with Crippen LogP contribution in [-0.4, -0.2) is 51.3 Å². The second-order valence-corrected chi connectivity index (χ2v) is 7.88. The summed E-state index contributed by atoms with van der Waals surface area (Å²) in [6.07, 6.45) is 0. The van der Waals surface area contributed by atoms with Gasteiger partial charge in [0, 0.05) is 27.1 Å². The van der Waals surface area contributed by atoms with Crippen molar-refractivity contribution >= 4 is 71.1 Å². The Morgan fingerprint density at radius 1 is 0.677 bits per heavy atom. The maximum atomic E-state index is 13.0. The number of rotatable bonds is 1. The molecule has 2 heterocycles. The number of hydrogen-bond donors (Lipinski definition) is 2. The zero-order valence-electron chi connectivity index (χ0n) is 15.6. The fourth-order valence-corrected chi connectivity index (χ4v) is 4.26. The smallest absolute Gasteiger partial charge is 0.870 e. The van der Waals surface area contributed by atoms with Crippen LogP contribution in [0.4, 0.5) is 0 Å². The SMILES string of the molecule is O=c1c2ccccc2[nH]c2cc3c(=O)c4cccc(S(=O)(=O)[O-])c4[nH]c3cc12.[Al+3].[OH-].[OH-]. The predicted octanol–water partition coefficient (Wildman–Crippen LogP) is 1.85. The normalized spacial score (nSPS) is 11.1. The van der Waals surface area contributed by atoms with Crippen molar-refractivity contribution in [3.8, 4) is 0 Å². The number of pyridine rings is 2. The van der Waals surface area contributed by atoms with Crippen LogP contribution in [0.3, 0.4) is 0 Å². The van der Waals surface area contributed by atoms with E-state index in [2.05, 4.69) is 9.97 Å². The number of para-hydroxylation sites is 2. The quantitative estimate of drug-likeness (QED) is 0.221. The number of benzene rings is 3. The fourth-order valence-electron chi connectivity index (χ4n) is 3.60. The molecular weight excluding hydrogens is 439 g/mol. The van der Waals surface area contributed by atoms with Crippen LogP contribution in [0.1, 0.15) is 0 Å². The van der Waals surface area contributed by atoms with E-state index < -0.39 is 20.4 Å². The zero-order chi connectivity index (χ0) is 19.6. The molecule has 9 nitrogen and oxygen atoms in total. The van der Waals surface area contributed by atoms with Gasteiger partial charge in [-0.3, -0.25) is 9.59 Å². The standard InChI is InChI=1S/C20H12N2O5S.Al.2H2O/c23-19-10-4-1-2-6-14(10)21-15-8-13-16(9-12(15)19)22-18-11(20(13)24)5-3-7-17(18)28(25,26)27;;;/h1-9H,(H,21,23)(H,22,24)(H,25,26,27);;2*1H2/q;+3;;/p-3. The van der Waals surface area contributed by atoms with Gasteiger partial charge >= 0.3 is 17.4 Å². The molecule has 0 aliphatic carbocycles. The zero-order valence-corrected chi connectivity index (χ0v) is 17.6. The second kappa shape index (κ2) is 8.24.